The highest BCUT2D eigenvalue weighted by molar-refractivity contribution is 6.99. The summed E-state index contributed by atoms with van der Waals surface area (Å²) in [4.78, 5) is 14.0. The van der Waals surface area contributed by atoms with Crippen LogP contribution in [0.25, 0.3) is 0 Å². The first-order valence-electron chi connectivity index (χ1n) is 17.3. The minimum Gasteiger partial charge on any atom is -0.455 e. The average Bonchev–Trinajstić information content (AvgIpc) is 3.15. The van der Waals surface area contributed by atoms with Gasteiger partial charge in [-0.25, -0.2) is 4.79 Å². The molecule has 7 heteroatoms. The summed E-state index contributed by atoms with van der Waals surface area (Å²) in [6, 6.07) is 50.6. The van der Waals surface area contributed by atoms with E-state index in [1.165, 1.54) is 0 Å². The van der Waals surface area contributed by atoms with Crippen molar-refractivity contribution in [2.24, 2.45) is 0 Å². The van der Waals surface area contributed by atoms with Crippen LogP contribution in [-0.2, 0) is 48.0 Å². The SMILES string of the molecule is CC(C)(C)[Si](OC[C@H]1OC(=O)[C@H](OCc2ccccc2)[C@@H](OCc2ccccc2)[C@H]1OCc1ccccc1)(c1ccccc1)c1ccccc1. The van der Waals surface area contributed by atoms with Gasteiger partial charge in [-0.2, -0.15) is 0 Å². The third-order valence-electron chi connectivity index (χ3n) is 9.21. The fraction of sp³-hybridized carbons (Fsp3) is 0.279. The van der Waals surface area contributed by atoms with E-state index in [1.807, 2.05) is 103 Å². The largest absolute Gasteiger partial charge is 0.455 e. The molecule has 0 saturated carbocycles. The zero-order chi connectivity index (χ0) is 34.8. The fourth-order valence-electron chi connectivity index (χ4n) is 6.74. The molecule has 0 aromatic heterocycles. The molecule has 1 heterocycles. The molecule has 6 nitrogen and oxygen atoms in total. The first-order valence-corrected chi connectivity index (χ1v) is 19.2. The Kier molecular flexibility index (Phi) is 11.7. The van der Waals surface area contributed by atoms with Crippen LogP contribution >= 0.6 is 0 Å². The van der Waals surface area contributed by atoms with Gasteiger partial charge in [0.2, 0.25) is 0 Å². The smallest absolute Gasteiger partial charge is 0.338 e. The molecule has 0 N–H and O–H groups in total. The first-order chi connectivity index (χ1) is 24.3. The quantitative estimate of drug-likeness (QED) is 0.0907. The Hall–Kier alpha value is -4.37. The lowest BCUT2D eigenvalue weighted by atomic mass is 9.98. The Morgan fingerprint density at radius 1 is 0.540 bits per heavy atom. The van der Waals surface area contributed by atoms with E-state index in [-0.39, 0.29) is 24.9 Å². The maximum Gasteiger partial charge on any atom is 0.338 e. The summed E-state index contributed by atoms with van der Waals surface area (Å²) in [5, 5.41) is 2.02. The lowest BCUT2D eigenvalue weighted by Gasteiger charge is -2.46. The Morgan fingerprint density at radius 3 is 1.34 bits per heavy atom. The number of hydrogen-bond donors (Lipinski definition) is 0. The highest BCUT2D eigenvalue weighted by Gasteiger charge is 2.53. The van der Waals surface area contributed by atoms with Crippen LogP contribution in [-0.4, -0.2) is 45.3 Å². The summed E-state index contributed by atoms with van der Waals surface area (Å²) >= 11 is 0. The molecule has 1 aliphatic heterocycles. The number of cyclic esters (lactones) is 1. The van der Waals surface area contributed by atoms with Crippen molar-refractivity contribution < 1.29 is 28.2 Å². The Balaban J connectivity index is 1.36. The third-order valence-corrected chi connectivity index (χ3v) is 14.2. The predicted molar refractivity (Wildman–Crippen MR) is 199 cm³/mol. The molecule has 0 unspecified atom stereocenters. The van der Waals surface area contributed by atoms with Gasteiger partial charge in [0.05, 0.1) is 26.4 Å². The molecular formula is C43H46O6Si. The van der Waals surface area contributed by atoms with Gasteiger partial charge in [-0.05, 0) is 32.1 Å². The van der Waals surface area contributed by atoms with Gasteiger partial charge in [0, 0.05) is 0 Å². The van der Waals surface area contributed by atoms with Crippen LogP contribution in [0.3, 0.4) is 0 Å². The monoisotopic (exact) mass is 686 g/mol. The molecule has 4 atom stereocenters. The second-order valence-corrected chi connectivity index (χ2v) is 18.0. The minimum absolute atomic E-state index is 0.120. The predicted octanol–water partition coefficient (Wildman–Crippen LogP) is 7.24. The number of carbonyl (C=O) groups is 1. The van der Waals surface area contributed by atoms with Crippen molar-refractivity contribution in [3.63, 3.8) is 0 Å². The number of carbonyl (C=O) groups excluding carboxylic acids is 1. The Bertz CT molecular complexity index is 1710. The normalized spacial score (nSPS) is 19.5. The highest BCUT2D eigenvalue weighted by Crippen LogP contribution is 2.38. The van der Waals surface area contributed by atoms with Gasteiger partial charge in [0.25, 0.3) is 8.32 Å². The maximum atomic E-state index is 14.0. The van der Waals surface area contributed by atoms with Crippen molar-refractivity contribution in [2.75, 3.05) is 6.61 Å². The van der Waals surface area contributed by atoms with Gasteiger partial charge in [0.1, 0.15) is 12.2 Å². The van der Waals surface area contributed by atoms with E-state index in [9.17, 15) is 4.79 Å². The number of esters is 1. The lowest BCUT2D eigenvalue weighted by molar-refractivity contribution is -0.236. The Morgan fingerprint density at radius 2 is 0.920 bits per heavy atom. The fourth-order valence-corrected chi connectivity index (χ4v) is 11.3. The maximum absolute atomic E-state index is 14.0. The van der Waals surface area contributed by atoms with Gasteiger partial charge >= 0.3 is 5.97 Å². The van der Waals surface area contributed by atoms with Crippen molar-refractivity contribution in [1.82, 2.24) is 0 Å². The van der Waals surface area contributed by atoms with E-state index in [0.717, 1.165) is 27.1 Å². The summed E-state index contributed by atoms with van der Waals surface area (Å²) in [6.45, 7) is 7.61. The molecule has 1 saturated heterocycles. The van der Waals surface area contributed by atoms with E-state index in [2.05, 4.69) is 69.3 Å². The van der Waals surface area contributed by atoms with Gasteiger partial charge in [-0.15, -0.1) is 0 Å². The van der Waals surface area contributed by atoms with Crippen molar-refractivity contribution >= 4 is 24.7 Å². The molecule has 0 spiro atoms. The second-order valence-electron chi connectivity index (χ2n) is 13.7. The zero-order valence-corrected chi connectivity index (χ0v) is 30.0. The molecule has 50 heavy (non-hydrogen) atoms. The number of ether oxygens (including phenoxy) is 4. The zero-order valence-electron chi connectivity index (χ0n) is 29.0. The highest BCUT2D eigenvalue weighted by atomic mass is 28.4. The van der Waals surface area contributed by atoms with Crippen molar-refractivity contribution in [3.05, 3.63) is 168 Å². The van der Waals surface area contributed by atoms with Crippen molar-refractivity contribution in [1.29, 1.82) is 0 Å². The molecule has 5 aromatic rings. The minimum atomic E-state index is -2.96. The van der Waals surface area contributed by atoms with Crippen LogP contribution in [0.15, 0.2) is 152 Å². The molecule has 5 aromatic carbocycles. The molecule has 6 rings (SSSR count). The summed E-state index contributed by atoms with van der Waals surface area (Å²) < 4.78 is 33.3. The van der Waals surface area contributed by atoms with E-state index in [0.29, 0.717) is 6.61 Å². The molecule has 0 bridgehead atoms. The number of hydrogen-bond acceptors (Lipinski definition) is 6. The molecule has 1 fully saturated rings. The molecular weight excluding hydrogens is 641 g/mol. The Labute approximate surface area is 297 Å². The summed E-state index contributed by atoms with van der Waals surface area (Å²) in [5.41, 5.74) is 2.93. The van der Waals surface area contributed by atoms with Crippen LogP contribution in [0.5, 0.6) is 0 Å². The van der Waals surface area contributed by atoms with Crippen LogP contribution < -0.4 is 10.4 Å². The molecule has 0 radical (unpaired) electrons. The second kappa shape index (κ2) is 16.6. The number of benzene rings is 5. The van der Waals surface area contributed by atoms with Crippen molar-refractivity contribution in [2.45, 2.75) is 70.0 Å². The molecule has 0 aliphatic carbocycles. The first kappa shape index (κ1) is 35.5. The third kappa shape index (κ3) is 8.32. The topological polar surface area (TPSA) is 63.2 Å². The lowest BCUT2D eigenvalue weighted by Crippen LogP contribution is -2.68. The molecule has 1 aliphatic rings. The van der Waals surface area contributed by atoms with Gasteiger partial charge in [-0.1, -0.05) is 172 Å². The summed E-state index contributed by atoms with van der Waals surface area (Å²) in [6.07, 6.45) is -3.22. The van der Waals surface area contributed by atoms with Crippen LogP contribution in [0.1, 0.15) is 37.5 Å². The summed E-state index contributed by atoms with van der Waals surface area (Å²) in [5.74, 6) is -0.491. The standard InChI is InChI=1S/C43H46O6Si/c1-43(2,3)50(36-25-15-7-16-26-36,37-27-17-8-18-28-37)48-32-38-39(45-29-33-19-9-4-10-20-33)40(46-30-34-21-11-5-12-22-34)41(42(44)49-38)47-31-35-23-13-6-14-24-35/h4-28,38-41H,29-32H2,1-3H3/t38-,39+,40+,41-/m1/s1. The van der Waals surface area contributed by atoms with E-state index in [4.69, 9.17) is 23.4 Å². The van der Waals surface area contributed by atoms with Crippen molar-refractivity contribution in [3.8, 4) is 0 Å². The average molecular weight is 687 g/mol. The van der Waals surface area contributed by atoms with Gasteiger partial charge in [-0.3, -0.25) is 0 Å². The van der Waals surface area contributed by atoms with Crippen LogP contribution in [0.2, 0.25) is 5.04 Å². The molecule has 258 valence electrons. The summed E-state index contributed by atoms with van der Waals surface area (Å²) in [7, 11) is -2.96. The number of rotatable bonds is 14. The van der Waals surface area contributed by atoms with E-state index < -0.39 is 38.7 Å². The van der Waals surface area contributed by atoms with E-state index in [1.54, 1.807) is 0 Å². The van der Waals surface area contributed by atoms with E-state index >= 15 is 0 Å². The molecule has 0 amide bonds. The van der Waals surface area contributed by atoms with Crippen LogP contribution in [0.4, 0.5) is 0 Å². The van der Waals surface area contributed by atoms with Gasteiger partial charge in [0.15, 0.2) is 12.2 Å². The van der Waals surface area contributed by atoms with Gasteiger partial charge < -0.3 is 23.4 Å². The van der Waals surface area contributed by atoms with Crippen LogP contribution in [0, 0.1) is 0 Å².